The van der Waals surface area contributed by atoms with Gasteiger partial charge in [-0.2, -0.15) is 0 Å². The summed E-state index contributed by atoms with van der Waals surface area (Å²) in [4.78, 5) is 31.3. The van der Waals surface area contributed by atoms with Crippen LogP contribution in [0.3, 0.4) is 0 Å². The molecule has 0 radical (unpaired) electrons. The molecule has 31 heavy (non-hydrogen) atoms. The molecule has 1 heterocycles. The molecule has 1 fully saturated rings. The summed E-state index contributed by atoms with van der Waals surface area (Å²) in [5.74, 6) is 0.253. The molecule has 0 unspecified atom stereocenters. The quantitative estimate of drug-likeness (QED) is 0.592. The third-order valence-corrected chi connectivity index (χ3v) is 6.49. The topological polar surface area (TPSA) is 53.2 Å². The van der Waals surface area contributed by atoms with Gasteiger partial charge in [0.05, 0.1) is 12.1 Å². The van der Waals surface area contributed by atoms with Crippen LogP contribution in [0.5, 0.6) is 0 Å². The van der Waals surface area contributed by atoms with E-state index in [1.165, 1.54) is 12.0 Å². The van der Waals surface area contributed by atoms with Crippen LogP contribution in [0.2, 0.25) is 0 Å². The number of benzene rings is 2. The highest BCUT2D eigenvalue weighted by molar-refractivity contribution is 5.83. The van der Waals surface area contributed by atoms with Gasteiger partial charge in [-0.15, -0.1) is 0 Å². The summed E-state index contributed by atoms with van der Waals surface area (Å²) < 4.78 is 0. The normalized spacial score (nSPS) is 14.7. The van der Waals surface area contributed by atoms with E-state index in [1.807, 2.05) is 17.9 Å². The van der Waals surface area contributed by atoms with Crippen LogP contribution in [0, 0.1) is 26.7 Å². The molecule has 1 aliphatic rings. The van der Waals surface area contributed by atoms with Gasteiger partial charge in [0.15, 0.2) is 0 Å². The molecule has 1 aromatic heterocycles. The Morgan fingerprint density at radius 1 is 0.935 bits per heavy atom. The average Bonchev–Trinajstić information content (AvgIpc) is 2.76. The zero-order valence-corrected chi connectivity index (χ0v) is 18.8. The van der Waals surface area contributed by atoms with Gasteiger partial charge < -0.3 is 9.88 Å². The van der Waals surface area contributed by atoms with Gasteiger partial charge in [0.2, 0.25) is 5.91 Å². The number of carbonyl (C=O) groups is 1. The van der Waals surface area contributed by atoms with Gasteiger partial charge in [0.1, 0.15) is 0 Å². The van der Waals surface area contributed by atoms with Crippen molar-refractivity contribution in [2.24, 2.45) is 5.92 Å². The predicted molar refractivity (Wildman–Crippen MR) is 126 cm³/mol. The molecule has 2 aromatic carbocycles. The van der Waals surface area contributed by atoms with Crippen LogP contribution < -0.4 is 5.56 Å². The number of aryl methyl sites for hydroxylation is 3. The van der Waals surface area contributed by atoms with E-state index in [-0.39, 0.29) is 17.4 Å². The Balaban J connectivity index is 1.67. The zero-order valence-electron chi connectivity index (χ0n) is 18.8. The van der Waals surface area contributed by atoms with Crippen LogP contribution in [0.25, 0.3) is 10.9 Å². The second-order valence-corrected chi connectivity index (χ2v) is 9.18. The van der Waals surface area contributed by atoms with Crippen molar-refractivity contribution in [2.45, 2.75) is 66.0 Å². The number of H-pyrrole nitrogens is 1. The van der Waals surface area contributed by atoms with Crippen molar-refractivity contribution in [2.75, 3.05) is 0 Å². The van der Waals surface area contributed by atoms with Gasteiger partial charge in [-0.3, -0.25) is 9.59 Å². The molecule has 0 bridgehead atoms. The number of rotatable bonds is 5. The number of nitrogens with one attached hydrogen (secondary N) is 1. The monoisotopic (exact) mass is 416 g/mol. The lowest BCUT2D eigenvalue weighted by Crippen LogP contribution is -2.37. The van der Waals surface area contributed by atoms with E-state index < -0.39 is 0 Å². The number of aromatic nitrogens is 1. The number of aromatic amines is 1. The van der Waals surface area contributed by atoms with Crippen LogP contribution in [0.15, 0.2) is 47.3 Å². The van der Waals surface area contributed by atoms with Gasteiger partial charge >= 0.3 is 0 Å². The van der Waals surface area contributed by atoms with E-state index in [1.54, 1.807) is 0 Å². The Morgan fingerprint density at radius 2 is 1.65 bits per heavy atom. The number of fused-ring (bicyclic) bond motifs is 1. The minimum atomic E-state index is -0.107. The molecule has 0 saturated heterocycles. The summed E-state index contributed by atoms with van der Waals surface area (Å²) in [6.45, 7) is 7.00. The largest absolute Gasteiger partial charge is 0.334 e. The smallest absolute Gasteiger partial charge is 0.253 e. The lowest BCUT2D eigenvalue weighted by atomic mass is 9.88. The van der Waals surface area contributed by atoms with Crippen molar-refractivity contribution in [1.29, 1.82) is 0 Å². The third-order valence-electron chi connectivity index (χ3n) is 6.49. The first-order valence-electron chi connectivity index (χ1n) is 11.4. The minimum absolute atomic E-state index is 0.0724. The van der Waals surface area contributed by atoms with E-state index in [0.717, 1.165) is 53.3 Å². The molecule has 1 saturated carbocycles. The molecule has 1 aliphatic carbocycles. The van der Waals surface area contributed by atoms with Crippen LogP contribution in [-0.4, -0.2) is 15.8 Å². The fourth-order valence-electron chi connectivity index (χ4n) is 4.79. The molecule has 4 nitrogen and oxygen atoms in total. The molecule has 4 rings (SSSR count). The Bertz CT molecular complexity index is 1140. The lowest BCUT2D eigenvalue weighted by Gasteiger charge is -2.29. The summed E-state index contributed by atoms with van der Waals surface area (Å²) in [6, 6.07) is 14.4. The molecule has 1 amide bonds. The number of nitrogens with zero attached hydrogens (tertiary/aromatic N) is 1. The van der Waals surface area contributed by atoms with E-state index in [9.17, 15) is 9.59 Å². The zero-order chi connectivity index (χ0) is 22.0. The summed E-state index contributed by atoms with van der Waals surface area (Å²) >= 11 is 0. The van der Waals surface area contributed by atoms with Crippen molar-refractivity contribution < 1.29 is 4.79 Å². The fourth-order valence-corrected chi connectivity index (χ4v) is 4.79. The Morgan fingerprint density at radius 3 is 2.35 bits per heavy atom. The van der Waals surface area contributed by atoms with Crippen molar-refractivity contribution in [1.82, 2.24) is 9.88 Å². The Kier molecular flexibility index (Phi) is 6.26. The van der Waals surface area contributed by atoms with Crippen molar-refractivity contribution >= 4 is 16.8 Å². The van der Waals surface area contributed by atoms with Crippen LogP contribution >= 0.6 is 0 Å². The van der Waals surface area contributed by atoms with Gasteiger partial charge in [-0.05, 0) is 62.3 Å². The van der Waals surface area contributed by atoms with E-state index in [4.69, 9.17) is 0 Å². The maximum atomic E-state index is 13.5. The number of amides is 1. The highest BCUT2D eigenvalue weighted by Crippen LogP contribution is 2.27. The van der Waals surface area contributed by atoms with Crippen molar-refractivity contribution in [3.63, 3.8) is 0 Å². The minimum Gasteiger partial charge on any atom is -0.334 e. The van der Waals surface area contributed by atoms with E-state index in [0.29, 0.717) is 18.7 Å². The fraction of sp³-hybridized carbons (Fsp3) is 0.407. The van der Waals surface area contributed by atoms with Gasteiger partial charge in [-0.25, -0.2) is 0 Å². The molecule has 1 N–H and O–H groups in total. The maximum Gasteiger partial charge on any atom is 0.253 e. The molecule has 4 heteroatoms. The second-order valence-electron chi connectivity index (χ2n) is 9.18. The summed E-state index contributed by atoms with van der Waals surface area (Å²) in [6.07, 6.45) is 5.35. The summed E-state index contributed by atoms with van der Waals surface area (Å²) in [7, 11) is 0. The standard InChI is InChI=1S/C27H32N2O2/c1-18-9-11-21(12-10-18)16-29(27(31)22-7-5-4-6-8-22)17-24-15-23-14-19(2)13-20(3)25(23)28-26(24)30/h9-15,22H,4-8,16-17H2,1-3H3,(H,28,30). The second kappa shape index (κ2) is 9.09. The highest BCUT2D eigenvalue weighted by Gasteiger charge is 2.27. The summed E-state index contributed by atoms with van der Waals surface area (Å²) in [5, 5.41) is 1.02. The highest BCUT2D eigenvalue weighted by atomic mass is 16.2. The average molecular weight is 417 g/mol. The maximum absolute atomic E-state index is 13.5. The first-order valence-corrected chi connectivity index (χ1v) is 11.4. The van der Waals surface area contributed by atoms with Gasteiger partial charge in [0, 0.05) is 18.0 Å². The Hall–Kier alpha value is -2.88. The van der Waals surface area contributed by atoms with Crippen LogP contribution in [0.4, 0.5) is 0 Å². The number of pyridine rings is 1. The van der Waals surface area contributed by atoms with Crippen molar-refractivity contribution in [3.8, 4) is 0 Å². The predicted octanol–water partition coefficient (Wildman–Crippen LogP) is 5.56. The van der Waals surface area contributed by atoms with Crippen molar-refractivity contribution in [3.05, 3.63) is 80.6 Å². The number of carbonyl (C=O) groups excluding carboxylic acids is 1. The molecular formula is C27H32N2O2. The third kappa shape index (κ3) is 4.90. The molecule has 0 atom stereocenters. The molecule has 162 valence electrons. The lowest BCUT2D eigenvalue weighted by molar-refractivity contribution is -0.137. The van der Waals surface area contributed by atoms with Gasteiger partial charge in [0.25, 0.3) is 5.56 Å². The van der Waals surface area contributed by atoms with Crippen LogP contribution in [0.1, 0.15) is 59.9 Å². The molecule has 3 aromatic rings. The SMILES string of the molecule is Cc1ccc(CN(Cc2cc3cc(C)cc(C)c3[nH]c2=O)C(=O)C2CCCCC2)cc1. The van der Waals surface area contributed by atoms with E-state index >= 15 is 0 Å². The molecular weight excluding hydrogens is 384 g/mol. The first-order chi connectivity index (χ1) is 14.9. The number of hydrogen-bond donors (Lipinski definition) is 1. The summed E-state index contributed by atoms with van der Waals surface area (Å²) in [5.41, 5.74) is 5.94. The molecule has 0 aliphatic heterocycles. The van der Waals surface area contributed by atoms with Crippen LogP contribution in [-0.2, 0) is 17.9 Å². The number of hydrogen-bond acceptors (Lipinski definition) is 2. The van der Waals surface area contributed by atoms with Gasteiger partial charge in [-0.1, -0.05) is 60.7 Å². The van der Waals surface area contributed by atoms with E-state index in [2.05, 4.69) is 55.2 Å². The Labute approximate surface area is 184 Å². The first kappa shape index (κ1) is 21.4. The molecule has 0 spiro atoms.